The van der Waals surface area contributed by atoms with Gasteiger partial charge in [-0.15, -0.1) is 0 Å². The molecule has 0 saturated heterocycles. The van der Waals surface area contributed by atoms with Crippen LogP contribution in [0.4, 0.5) is 22.7 Å². The lowest BCUT2D eigenvalue weighted by Crippen LogP contribution is -2.15. The Morgan fingerprint density at radius 1 is 0.351 bits per heavy atom. The number of aryl methyl sites for hydroxylation is 2. The average Bonchev–Trinajstić information content (AvgIpc) is 3.44. The van der Waals surface area contributed by atoms with Crippen molar-refractivity contribution < 1.29 is 0 Å². The topological polar surface area (TPSA) is 32.3 Å². The van der Waals surface area contributed by atoms with Crippen LogP contribution in [-0.4, -0.2) is 24.1 Å². The SMILES string of the molecule is CCCCCCc1ccc2nc(-c3ccc4c(c3)Sc3cc(-c5ccc6c(c5)Sc5cc(-c7cc(-c8ccccc8)c8cc(CCCCCC)ccc8n7)ccc5N6C)ccc3N4C)cc(-c3ccccc3)c2c1. The first-order valence-corrected chi connectivity index (χ1v) is 28.4. The quantitative estimate of drug-likeness (QED) is 0.0952. The molecule has 0 N–H and O–H groups in total. The fourth-order valence-electron chi connectivity index (χ4n) is 11.0. The molecular formula is C68H62N4S2. The van der Waals surface area contributed by atoms with E-state index in [0.717, 1.165) is 46.4 Å². The molecule has 6 heteroatoms. The van der Waals surface area contributed by atoms with Crippen LogP contribution in [0.5, 0.6) is 0 Å². The van der Waals surface area contributed by atoms with Gasteiger partial charge in [0.1, 0.15) is 0 Å². The van der Waals surface area contributed by atoms with E-state index in [1.165, 1.54) is 149 Å². The van der Waals surface area contributed by atoms with E-state index < -0.39 is 0 Å². The molecule has 2 aliphatic heterocycles. The van der Waals surface area contributed by atoms with E-state index in [9.17, 15) is 0 Å². The van der Waals surface area contributed by atoms with Crippen LogP contribution in [-0.2, 0) is 12.8 Å². The molecule has 0 amide bonds. The molecular weight excluding hydrogens is 937 g/mol. The number of benzene rings is 8. The minimum atomic E-state index is 0.996. The van der Waals surface area contributed by atoms with Crippen molar-refractivity contribution in [1.29, 1.82) is 0 Å². The molecule has 2 aromatic heterocycles. The molecule has 0 unspecified atom stereocenters. The van der Waals surface area contributed by atoms with Gasteiger partial charge in [0.25, 0.3) is 0 Å². The van der Waals surface area contributed by atoms with Gasteiger partial charge in [-0.25, -0.2) is 9.97 Å². The molecule has 0 aliphatic carbocycles. The molecule has 74 heavy (non-hydrogen) atoms. The van der Waals surface area contributed by atoms with Crippen LogP contribution < -0.4 is 9.80 Å². The van der Waals surface area contributed by atoms with Crippen molar-refractivity contribution in [1.82, 2.24) is 9.97 Å². The standard InChI is InChI=1S/C68H62N4S2/c1-5-7-9-13-19-45-25-31-57-55(37-45)53(47-21-15-11-16-22-47)43-59(69-57)51-29-35-63-67(41-51)73-65-39-49(27-33-61(65)71(63)3)50-28-34-62-66(40-50)74-68-42-52(30-36-64(68)72(62)4)60-44-54(48-23-17-12-18-24-48)56-38-46(20-14-10-8-6-2)26-32-58(56)70-60/h11-12,15-18,21-44H,5-10,13-14,19-20H2,1-4H3. The van der Waals surface area contributed by atoms with Gasteiger partial charge in [-0.2, -0.15) is 0 Å². The summed E-state index contributed by atoms with van der Waals surface area (Å²) in [7, 11) is 4.38. The van der Waals surface area contributed by atoms with Crippen LogP contribution in [0.25, 0.3) is 77.7 Å². The second kappa shape index (κ2) is 21.0. The highest BCUT2D eigenvalue weighted by Gasteiger charge is 2.25. The van der Waals surface area contributed by atoms with Gasteiger partial charge in [-0.1, -0.05) is 173 Å². The van der Waals surface area contributed by atoms with Gasteiger partial charge in [0, 0.05) is 55.6 Å². The highest BCUT2D eigenvalue weighted by molar-refractivity contribution is 8.00. The van der Waals surface area contributed by atoms with Gasteiger partial charge in [0.2, 0.25) is 0 Å². The van der Waals surface area contributed by atoms with Crippen molar-refractivity contribution >= 4 is 68.1 Å². The van der Waals surface area contributed by atoms with Crippen molar-refractivity contribution in [3.8, 4) is 55.9 Å². The van der Waals surface area contributed by atoms with E-state index in [1.807, 2.05) is 23.5 Å². The molecule has 0 bridgehead atoms. The summed E-state index contributed by atoms with van der Waals surface area (Å²) in [6, 6.07) is 67.7. The highest BCUT2D eigenvalue weighted by atomic mass is 32.2. The number of unbranched alkanes of at least 4 members (excludes halogenated alkanes) is 6. The summed E-state index contributed by atoms with van der Waals surface area (Å²) in [5.41, 5.74) is 21.3. The zero-order chi connectivity index (χ0) is 50.1. The number of hydrogen-bond acceptors (Lipinski definition) is 6. The normalized spacial score (nSPS) is 12.7. The van der Waals surface area contributed by atoms with Crippen molar-refractivity contribution in [2.45, 2.75) is 97.6 Å². The molecule has 10 aromatic rings. The van der Waals surface area contributed by atoms with Crippen LogP contribution >= 0.6 is 23.5 Å². The number of fused-ring (bicyclic) bond motifs is 6. The third-order valence-corrected chi connectivity index (χ3v) is 17.4. The fourth-order valence-corrected chi connectivity index (χ4v) is 13.5. The number of nitrogens with zero attached hydrogens (tertiary/aromatic N) is 4. The average molecular weight is 999 g/mol. The summed E-state index contributed by atoms with van der Waals surface area (Å²) in [4.78, 5) is 20.3. The van der Waals surface area contributed by atoms with Crippen LogP contribution in [0.15, 0.2) is 202 Å². The van der Waals surface area contributed by atoms with Crippen LogP contribution in [0.3, 0.4) is 0 Å². The Balaban J connectivity index is 0.827. The van der Waals surface area contributed by atoms with Crippen molar-refractivity contribution in [2.24, 2.45) is 0 Å². The molecule has 12 rings (SSSR count). The minimum absolute atomic E-state index is 0.996. The third kappa shape index (κ3) is 9.51. The van der Waals surface area contributed by atoms with Crippen LogP contribution in [0.1, 0.15) is 76.3 Å². The predicted octanol–water partition coefficient (Wildman–Crippen LogP) is 19.8. The third-order valence-electron chi connectivity index (χ3n) is 15.2. The van der Waals surface area contributed by atoms with E-state index in [2.05, 4.69) is 220 Å². The molecule has 0 atom stereocenters. The molecule has 0 saturated carbocycles. The maximum atomic E-state index is 5.33. The summed E-state index contributed by atoms with van der Waals surface area (Å²) < 4.78 is 0. The zero-order valence-electron chi connectivity index (χ0n) is 43.0. The first-order valence-electron chi connectivity index (χ1n) is 26.8. The Bertz CT molecular complexity index is 3460. The number of anilines is 4. The van der Waals surface area contributed by atoms with Gasteiger partial charge in [-0.05, 0) is 155 Å². The minimum Gasteiger partial charge on any atom is -0.343 e. The van der Waals surface area contributed by atoms with Crippen molar-refractivity contribution in [3.63, 3.8) is 0 Å². The summed E-state index contributed by atoms with van der Waals surface area (Å²) >= 11 is 3.71. The van der Waals surface area contributed by atoms with E-state index in [0.29, 0.717) is 0 Å². The van der Waals surface area contributed by atoms with Gasteiger partial charge >= 0.3 is 0 Å². The van der Waals surface area contributed by atoms with Crippen LogP contribution in [0, 0.1) is 0 Å². The molecule has 4 heterocycles. The van der Waals surface area contributed by atoms with Crippen molar-refractivity contribution in [3.05, 3.63) is 193 Å². The van der Waals surface area contributed by atoms with Crippen molar-refractivity contribution in [2.75, 3.05) is 23.9 Å². The summed E-state index contributed by atoms with van der Waals surface area (Å²) in [5.74, 6) is 0. The Hall–Kier alpha value is -7.12. The Kier molecular flexibility index (Phi) is 13.6. The molecule has 0 fully saturated rings. The van der Waals surface area contributed by atoms with Gasteiger partial charge in [0.05, 0.1) is 45.2 Å². The first-order chi connectivity index (χ1) is 36.4. The molecule has 366 valence electrons. The zero-order valence-corrected chi connectivity index (χ0v) is 44.6. The molecule has 0 radical (unpaired) electrons. The second-order valence-electron chi connectivity index (χ2n) is 20.2. The summed E-state index contributed by atoms with van der Waals surface area (Å²) in [6.45, 7) is 4.55. The number of aromatic nitrogens is 2. The summed E-state index contributed by atoms with van der Waals surface area (Å²) in [6.07, 6.45) is 12.3. The van der Waals surface area contributed by atoms with Crippen LogP contribution in [0.2, 0.25) is 0 Å². The fraction of sp³-hybridized carbons (Fsp3) is 0.206. The predicted molar refractivity (Wildman–Crippen MR) is 317 cm³/mol. The van der Waals surface area contributed by atoms with Gasteiger partial charge < -0.3 is 9.80 Å². The lowest BCUT2D eigenvalue weighted by atomic mass is 9.96. The van der Waals surface area contributed by atoms with E-state index in [4.69, 9.17) is 9.97 Å². The Morgan fingerprint density at radius 3 is 1.12 bits per heavy atom. The van der Waals surface area contributed by atoms with Gasteiger partial charge in [0.15, 0.2) is 0 Å². The Labute approximate surface area is 445 Å². The lowest BCUT2D eigenvalue weighted by Gasteiger charge is -2.31. The first kappa shape index (κ1) is 47.9. The highest BCUT2D eigenvalue weighted by Crippen LogP contribution is 2.52. The van der Waals surface area contributed by atoms with E-state index in [-0.39, 0.29) is 0 Å². The van der Waals surface area contributed by atoms with E-state index in [1.54, 1.807) is 0 Å². The van der Waals surface area contributed by atoms with E-state index >= 15 is 0 Å². The Morgan fingerprint density at radius 2 is 0.730 bits per heavy atom. The molecule has 2 aliphatic rings. The maximum Gasteiger partial charge on any atom is 0.0716 e. The maximum absolute atomic E-state index is 5.33. The summed E-state index contributed by atoms with van der Waals surface area (Å²) in [5, 5.41) is 2.44. The molecule has 0 spiro atoms. The number of hydrogen-bond donors (Lipinski definition) is 0. The van der Waals surface area contributed by atoms with Gasteiger partial charge in [-0.3, -0.25) is 0 Å². The number of pyridine rings is 2. The second-order valence-corrected chi connectivity index (χ2v) is 22.4. The molecule has 4 nitrogen and oxygen atoms in total. The molecule has 8 aromatic carbocycles. The lowest BCUT2D eigenvalue weighted by molar-refractivity contribution is 0.667. The smallest absolute Gasteiger partial charge is 0.0716 e. The number of rotatable bonds is 15. The largest absolute Gasteiger partial charge is 0.343 e. The monoisotopic (exact) mass is 998 g/mol.